The van der Waals surface area contributed by atoms with Gasteiger partial charge in [-0.3, -0.25) is 10.1 Å². The number of H-pyrrole nitrogens is 1. The Morgan fingerprint density at radius 2 is 1.55 bits per heavy atom. The molecule has 5 nitrogen and oxygen atoms in total. The third kappa shape index (κ3) is 4.05. The predicted octanol–water partition coefficient (Wildman–Crippen LogP) is 4.37. The lowest BCUT2D eigenvalue weighted by atomic mass is 9.97. The van der Waals surface area contributed by atoms with E-state index >= 15 is 0 Å². The van der Waals surface area contributed by atoms with E-state index in [1.807, 2.05) is 67.6 Å². The Hall–Kier alpha value is -3.44. The van der Waals surface area contributed by atoms with Crippen LogP contribution in [0.4, 0.5) is 0 Å². The number of hydrogen-bond acceptors (Lipinski definition) is 4. The van der Waals surface area contributed by atoms with Gasteiger partial charge in [-0.25, -0.2) is 4.98 Å². The van der Waals surface area contributed by atoms with Crippen molar-refractivity contribution in [1.29, 1.82) is 0 Å². The van der Waals surface area contributed by atoms with Crippen LogP contribution < -0.4 is 15.6 Å². The highest BCUT2D eigenvalue weighted by molar-refractivity contribution is 5.77. The summed E-state index contributed by atoms with van der Waals surface area (Å²) in [5.41, 5.74) is 2.81. The molecule has 4 aromatic rings. The van der Waals surface area contributed by atoms with Crippen LogP contribution in [0, 0.1) is 0 Å². The van der Waals surface area contributed by atoms with Crippen molar-refractivity contribution in [2.45, 2.75) is 19.0 Å². The van der Waals surface area contributed by atoms with E-state index in [1.165, 1.54) is 0 Å². The smallest absolute Gasteiger partial charge is 0.258 e. The second-order valence-electron chi connectivity index (χ2n) is 6.97. The van der Waals surface area contributed by atoms with Gasteiger partial charge >= 0.3 is 0 Å². The minimum atomic E-state index is -0.167. The van der Waals surface area contributed by atoms with Crippen molar-refractivity contribution in [3.8, 4) is 5.75 Å². The average Bonchev–Trinajstić information content (AvgIpc) is 2.78. The van der Waals surface area contributed by atoms with Crippen LogP contribution >= 0.6 is 0 Å². The van der Waals surface area contributed by atoms with E-state index in [-0.39, 0.29) is 17.6 Å². The Morgan fingerprint density at radius 3 is 2.28 bits per heavy atom. The predicted molar refractivity (Wildman–Crippen MR) is 115 cm³/mol. The van der Waals surface area contributed by atoms with Gasteiger partial charge in [0.2, 0.25) is 0 Å². The number of methoxy groups -OCH3 is 1. The molecule has 0 spiro atoms. The maximum absolute atomic E-state index is 12.5. The maximum Gasteiger partial charge on any atom is 0.258 e. The number of aromatic nitrogens is 2. The Balaban J connectivity index is 1.69. The largest absolute Gasteiger partial charge is 0.497 e. The van der Waals surface area contributed by atoms with Crippen LogP contribution in [-0.2, 0) is 0 Å². The van der Waals surface area contributed by atoms with Gasteiger partial charge in [0.05, 0.1) is 30.1 Å². The lowest BCUT2D eigenvalue weighted by Gasteiger charge is -2.24. The van der Waals surface area contributed by atoms with Gasteiger partial charge in [-0.2, -0.15) is 0 Å². The van der Waals surface area contributed by atoms with Gasteiger partial charge in [0.25, 0.3) is 5.56 Å². The van der Waals surface area contributed by atoms with Crippen LogP contribution in [0.5, 0.6) is 5.75 Å². The fourth-order valence-corrected chi connectivity index (χ4v) is 3.47. The Morgan fingerprint density at radius 1 is 0.897 bits per heavy atom. The number of ether oxygens (including phenoxy) is 1. The summed E-state index contributed by atoms with van der Waals surface area (Å²) in [7, 11) is 1.66. The molecule has 0 saturated heterocycles. The highest BCUT2D eigenvalue weighted by Gasteiger charge is 2.19. The number of benzene rings is 3. The summed E-state index contributed by atoms with van der Waals surface area (Å²) >= 11 is 0. The number of fused-ring (bicyclic) bond motifs is 1. The van der Waals surface area contributed by atoms with E-state index in [2.05, 4.69) is 27.4 Å². The minimum absolute atomic E-state index is 0.0612. The molecule has 0 aliphatic heterocycles. The van der Waals surface area contributed by atoms with Gasteiger partial charge in [0.1, 0.15) is 11.6 Å². The quantitative estimate of drug-likeness (QED) is 0.517. The Kier molecular flexibility index (Phi) is 5.40. The number of hydrogen-bond donors (Lipinski definition) is 2. The molecule has 146 valence electrons. The molecule has 0 radical (unpaired) electrons. The number of aromatic amines is 1. The van der Waals surface area contributed by atoms with Gasteiger partial charge in [-0.15, -0.1) is 0 Å². The van der Waals surface area contributed by atoms with Crippen LogP contribution in [0.1, 0.15) is 36.0 Å². The number of nitrogens with one attached hydrogen (secondary N) is 2. The SMILES string of the molecule is COc1ccc([C@@H](N[C@@H](C)c2nc3ccccc3c(=O)[nH]2)c2ccccc2)cc1. The molecule has 0 aliphatic rings. The van der Waals surface area contributed by atoms with Crippen molar-refractivity contribution in [2.75, 3.05) is 7.11 Å². The van der Waals surface area contributed by atoms with Crippen molar-refractivity contribution >= 4 is 10.9 Å². The molecule has 0 unspecified atom stereocenters. The lowest BCUT2D eigenvalue weighted by Crippen LogP contribution is -2.28. The molecule has 2 atom stereocenters. The highest BCUT2D eigenvalue weighted by atomic mass is 16.5. The van der Waals surface area contributed by atoms with Crippen molar-refractivity contribution in [3.05, 3.63) is 106 Å². The molecule has 1 aromatic heterocycles. The van der Waals surface area contributed by atoms with Crippen LogP contribution in [0.25, 0.3) is 10.9 Å². The van der Waals surface area contributed by atoms with E-state index in [1.54, 1.807) is 13.2 Å². The molecule has 3 aromatic carbocycles. The molecule has 0 fully saturated rings. The highest BCUT2D eigenvalue weighted by Crippen LogP contribution is 2.26. The first-order valence-corrected chi connectivity index (χ1v) is 9.59. The summed E-state index contributed by atoms with van der Waals surface area (Å²) in [6, 6.07) is 25.4. The summed E-state index contributed by atoms with van der Waals surface area (Å²) < 4.78 is 5.29. The molecular formula is C24H23N3O2. The molecule has 0 bridgehead atoms. The summed E-state index contributed by atoms with van der Waals surface area (Å²) in [5.74, 6) is 1.43. The molecule has 4 rings (SSSR count). The number of nitrogens with zero attached hydrogens (tertiary/aromatic N) is 1. The molecule has 29 heavy (non-hydrogen) atoms. The maximum atomic E-state index is 12.5. The van der Waals surface area contributed by atoms with Gasteiger partial charge in [0.15, 0.2) is 0 Å². The molecule has 0 saturated carbocycles. The molecular weight excluding hydrogens is 362 g/mol. The summed E-state index contributed by atoms with van der Waals surface area (Å²) in [6.45, 7) is 2.01. The molecule has 5 heteroatoms. The minimum Gasteiger partial charge on any atom is -0.497 e. The first-order valence-electron chi connectivity index (χ1n) is 9.59. The van der Waals surface area contributed by atoms with Gasteiger partial charge in [-0.1, -0.05) is 54.6 Å². The summed E-state index contributed by atoms with van der Waals surface area (Å²) in [5, 5.41) is 4.22. The van der Waals surface area contributed by atoms with Crippen LogP contribution in [-0.4, -0.2) is 17.1 Å². The molecule has 2 N–H and O–H groups in total. The second-order valence-corrected chi connectivity index (χ2v) is 6.97. The third-order valence-electron chi connectivity index (χ3n) is 5.04. The zero-order valence-corrected chi connectivity index (χ0v) is 16.4. The van der Waals surface area contributed by atoms with E-state index in [4.69, 9.17) is 4.74 Å². The first-order chi connectivity index (χ1) is 14.2. The monoisotopic (exact) mass is 385 g/mol. The molecule has 1 heterocycles. The zero-order valence-electron chi connectivity index (χ0n) is 16.4. The Labute approximate surface area is 169 Å². The van der Waals surface area contributed by atoms with Crippen LogP contribution in [0.15, 0.2) is 83.7 Å². The van der Waals surface area contributed by atoms with Crippen molar-refractivity contribution in [2.24, 2.45) is 0 Å². The number of rotatable bonds is 6. The topological polar surface area (TPSA) is 67.0 Å². The van der Waals surface area contributed by atoms with E-state index < -0.39 is 0 Å². The molecule has 0 amide bonds. The normalized spacial score (nSPS) is 13.2. The summed E-state index contributed by atoms with van der Waals surface area (Å²) in [6.07, 6.45) is 0. The Bertz CT molecular complexity index is 1150. The fraction of sp³-hybridized carbons (Fsp3) is 0.167. The zero-order chi connectivity index (χ0) is 20.2. The van der Waals surface area contributed by atoms with E-state index in [0.29, 0.717) is 16.7 Å². The van der Waals surface area contributed by atoms with Gasteiger partial charge in [0, 0.05) is 0 Å². The number of para-hydroxylation sites is 1. The van der Waals surface area contributed by atoms with Crippen molar-refractivity contribution in [1.82, 2.24) is 15.3 Å². The van der Waals surface area contributed by atoms with E-state index in [0.717, 1.165) is 16.9 Å². The lowest BCUT2D eigenvalue weighted by molar-refractivity contribution is 0.414. The first kappa shape index (κ1) is 18.9. The third-order valence-corrected chi connectivity index (χ3v) is 5.04. The standard InChI is InChI=1S/C24H23N3O2/c1-16(23-26-21-11-7-6-10-20(21)24(28)27-23)25-22(17-8-4-3-5-9-17)18-12-14-19(29-2)15-13-18/h3-16,22,25H,1-2H3,(H,26,27,28)/t16-,22-/m0/s1. The van der Waals surface area contributed by atoms with Crippen LogP contribution in [0.3, 0.4) is 0 Å². The second kappa shape index (κ2) is 8.29. The average molecular weight is 385 g/mol. The van der Waals surface area contributed by atoms with E-state index in [9.17, 15) is 4.79 Å². The van der Waals surface area contributed by atoms with Crippen molar-refractivity contribution in [3.63, 3.8) is 0 Å². The molecule has 0 aliphatic carbocycles. The van der Waals surface area contributed by atoms with Crippen molar-refractivity contribution < 1.29 is 4.74 Å². The summed E-state index contributed by atoms with van der Waals surface area (Å²) in [4.78, 5) is 20.1. The fourth-order valence-electron chi connectivity index (χ4n) is 3.47. The van der Waals surface area contributed by atoms with Gasteiger partial charge < -0.3 is 9.72 Å². The van der Waals surface area contributed by atoms with Crippen LogP contribution in [0.2, 0.25) is 0 Å². The van der Waals surface area contributed by atoms with Gasteiger partial charge in [-0.05, 0) is 42.3 Å².